The maximum atomic E-state index is 13.3. The van der Waals surface area contributed by atoms with Crippen molar-refractivity contribution in [2.45, 2.75) is 19.8 Å². The molecule has 0 spiro atoms. The molecular formula is C12H18FN3O. The monoisotopic (exact) mass is 239 g/mol. The Morgan fingerprint density at radius 3 is 2.82 bits per heavy atom. The maximum Gasteiger partial charge on any atom is 0.221 e. The van der Waals surface area contributed by atoms with Crippen LogP contribution in [-0.4, -0.2) is 19.0 Å². The summed E-state index contributed by atoms with van der Waals surface area (Å²) in [6.07, 6.45) is 1.23. The molecule has 0 unspecified atom stereocenters. The molecule has 0 aliphatic rings. The van der Waals surface area contributed by atoms with E-state index in [1.54, 1.807) is 12.1 Å². The third-order valence-electron chi connectivity index (χ3n) is 2.23. The van der Waals surface area contributed by atoms with Gasteiger partial charge in [-0.05, 0) is 24.6 Å². The van der Waals surface area contributed by atoms with Gasteiger partial charge < -0.3 is 16.4 Å². The van der Waals surface area contributed by atoms with Gasteiger partial charge >= 0.3 is 0 Å². The van der Waals surface area contributed by atoms with E-state index in [4.69, 9.17) is 5.73 Å². The second kappa shape index (κ2) is 6.73. The van der Waals surface area contributed by atoms with E-state index in [1.165, 1.54) is 6.07 Å². The van der Waals surface area contributed by atoms with Gasteiger partial charge in [0.25, 0.3) is 0 Å². The van der Waals surface area contributed by atoms with Crippen LogP contribution in [0.5, 0.6) is 0 Å². The van der Waals surface area contributed by atoms with Crippen LogP contribution in [0.4, 0.5) is 15.8 Å². The average Bonchev–Trinajstić information content (AvgIpc) is 2.29. The van der Waals surface area contributed by atoms with E-state index in [0.29, 0.717) is 30.9 Å². The lowest BCUT2D eigenvalue weighted by Crippen LogP contribution is -2.25. The van der Waals surface area contributed by atoms with Crippen molar-refractivity contribution in [3.63, 3.8) is 0 Å². The number of benzene rings is 1. The summed E-state index contributed by atoms with van der Waals surface area (Å²) < 4.78 is 13.3. The van der Waals surface area contributed by atoms with Gasteiger partial charge in [0.05, 0.1) is 5.69 Å². The predicted octanol–water partition coefficient (Wildman–Crippen LogP) is 1.74. The third kappa shape index (κ3) is 4.72. The highest BCUT2D eigenvalue weighted by Crippen LogP contribution is 2.16. The highest BCUT2D eigenvalue weighted by molar-refractivity contribution is 5.76. The Morgan fingerprint density at radius 2 is 2.18 bits per heavy atom. The first-order chi connectivity index (χ1) is 8.13. The fourth-order valence-electron chi connectivity index (χ4n) is 1.34. The molecule has 0 fully saturated rings. The van der Waals surface area contributed by atoms with Crippen LogP contribution in [-0.2, 0) is 4.79 Å². The van der Waals surface area contributed by atoms with Crippen molar-refractivity contribution in [2.24, 2.45) is 0 Å². The summed E-state index contributed by atoms with van der Waals surface area (Å²) in [7, 11) is 0. The number of nitrogens with one attached hydrogen (secondary N) is 2. The number of nitrogen functional groups attached to an aromatic ring is 1. The Bertz CT molecular complexity index is 382. The summed E-state index contributed by atoms with van der Waals surface area (Å²) in [5.41, 5.74) is 6.17. The van der Waals surface area contributed by atoms with E-state index in [2.05, 4.69) is 10.6 Å². The molecule has 0 atom stereocenters. The van der Waals surface area contributed by atoms with Gasteiger partial charge in [0, 0.05) is 25.2 Å². The van der Waals surface area contributed by atoms with Crippen LogP contribution < -0.4 is 16.4 Å². The quantitative estimate of drug-likeness (QED) is 0.662. The van der Waals surface area contributed by atoms with Crippen molar-refractivity contribution in [1.29, 1.82) is 0 Å². The lowest BCUT2D eigenvalue weighted by Gasteiger charge is -2.08. The van der Waals surface area contributed by atoms with Crippen LogP contribution in [0.15, 0.2) is 18.2 Å². The Morgan fingerprint density at radius 1 is 1.41 bits per heavy atom. The molecule has 1 rings (SSSR count). The molecule has 1 aromatic carbocycles. The van der Waals surface area contributed by atoms with E-state index < -0.39 is 5.82 Å². The molecule has 4 N–H and O–H groups in total. The van der Waals surface area contributed by atoms with Crippen LogP contribution in [0.3, 0.4) is 0 Å². The van der Waals surface area contributed by atoms with Crippen LogP contribution >= 0.6 is 0 Å². The number of nitrogens with two attached hydrogens (primary N) is 1. The molecule has 17 heavy (non-hydrogen) atoms. The number of anilines is 2. The highest BCUT2D eigenvalue weighted by Gasteiger charge is 2.03. The van der Waals surface area contributed by atoms with Gasteiger partial charge in [-0.3, -0.25) is 4.79 Å². The van der Waals surface area contributed by atoms with E-state index in [-0.39, 0.29) is 5.91 Å². The van der Waals surface area contributed by atoms with Gasteiger partial charge in [0.1, 0.15) is 5.82 Å². The SMILES string of the molecule is CCCNC(=O)CCNc1ccc(N)cc1F. The molecule has 0 aliphatic carbocycles. The number of carbonyl (C=O) groups is 1. The second-order valence-corrected chi connectivity index (χ2v) is 3.77. The van der Waals surface area contributed by atoms with Gasteiger partial charge in [-0.25, -0.2) is 4.39 Å². The smallest absolute Gasteiger partial charge is 0.221 e. The fourth-order valence-corrected chi connectivity index (χ4v) is 1.34. The van der Waals surface area contributed by atoms with Gasteiger partial charge in [-0.1, -0.05) is 6.92 Å². The topological polar surface area (TPSA) is 67.2 Å². The van der Waals surface area contributed by atoms with Crippen LogP contribution in [0.2, 0.25) is 0 Å². The van der Waals surface area contributed by atoms with E-state index in [0.717, 1.165) is 6.42 Å². The molecule has 1 amide bonds. The molecule has 0 aromatic heterocycles. The number of hydrogen-bond acceptors (Lipinski definition) is 3. The molecule has 4 nitrogen and oxygen atoms in total. The first-order valence-electron chi connectivity index (χ1n) is 5.69. The first-order valence-corrected chi connectivity index (χ1v) is 5.69. The summed E-state index contributed by atoms with van der Waals surface area (Å²) in [4.78, 5) is 11.3. The molecule has 0 aliphatic heterocycles. The number of amides is 1. The van der Waals surface area contributed by atoms with Crippen LogP contribution in [0.25, 0.3) is 0 Å². The summed E-state index contributed by atoms with van der Waals surface area (Å²) in [6.45, 7) is 3.06. The molecule has 94 valence electrons. The van der Waals surface area contributed by atoms with Gasteiger partial charge in [0.2, 0.25) is 5.91 Å². The number of carbonyl (C=O) groups excluding carboxylic acids is 1. The predicted molar refractivity (Wildman–Crippen MR) is 67.2 cm³/mol. The molecular weight excluding hydrogens is 221 g/mol. The summed E-state index contributed by atoms with van der Waals surface area (Å²) in [5, 5.41) is 5.61. The van der Waals surface area contributed by atoms with Gasteiger partial charge in [-0.2, -0.15) is 0 Å². The van der Waals surface area contributed by atoms with Crippen molar-refractivity contribution < 1.29 is 9.18 Å². The Labute approximate surface area is 100 Å². The van der Waals surface area contributed by atoms with Crippen LogP contribution in [0.1, 0.15) is 19.8 Å². The van der Waals surface area contributed by atoms with E-state index in [9.17, 15) is 9.18 Å². The standard InChI is InChI=1S/C12H18FN3O/c1-2-6-16-12(17)5-7-15-11-4-3-9(14)8-10(11)13/h3-4,8,15H,2,5-7,14H2,1H3,(H,16,17). The third-order valence-corrected chi connectivity index (χ3v) is 2.23. The lowest BCUT2D eigenvalue weighted by atomic mass is 10.2. The molecule has 0 saturated carbocycles. The molecule has 0 saturated heterocycles. The summed E-state index contributed by atoms with van der Waals surface area (Å²) in [5.74, 6) is -0.436. The van der Waals surface area contributed by atoms with Crippen molar-refractivity contribution in [3.05, 3.63) is 24.0 Å². The van der Waals surface area contributed by atoms with Crippen molar-refractivity contribution >= 4 is 17.3 Å². The van der Waals surface area contributed by atoms with Crippen molar-refractivity contribution in [3.8, 4) is 0 Å². The number of rotatable bonds is 6. The van der Waals surface area contributed by atoms with Crippen molar-refractivity contribution in [1.82, 2.24) is 5.32 Å². The number of halogens is 1. The molecule has 0 heterocycles. The average molecular weight is 239 g/mol. The van der Waals surface area contributed by atoms with Crippen molar-refractivity contribution in [2.75, 3.05) is 24.1 Å². The van der Waals surface area contributed by atoms with Gasteiger partial charge in [0.15, 0.2) is 0 Å². The minimum atomic E-state index is -0.404. The first kappa shape index (κ1) is 13.3. The van der Waals surface area contributed by atoms with Gasteiger partial charge in [-0.15, -0.1) is 0 Å². The number of hydrogen-bond donors (Lipinski definition) is 3. The largest absolute Gasteiger partial charge is 0.399 e. The molecule has 5 heteroatoms. The Balaban J connectivity index is 2.33. The zero-order valence-electron chi connectivity index (χ0n) is 9.92. The zero-order chi connectivity index (χ0) is 12.7. The second-order valence-electron chi connectivity index (χ2n) is 3.77. The Hall–Kier alpha value is -1.78. The minimum Gasteiger partial charge on any atom is -0.399 e. The lowest BCUT2D eigenvalue weighted by molar-refractivity contribution is -0.120. The minimum absolute atomic E-state index is 0.0322. The molecule has 1 aromatic rings. The normalized spacial score (nSPS) is 10.0. The van der Waals surface area contributed by atoms with Crippen LogP contribution in [0, 0.1) is 5.82 Å². The maximum absolute atomic E-state index is 13.3. The highest BCUT2D eigenvalue weighted by atomic mass is 19.1. The van der Waals surface area contributed by atoms with E-state index >= 15 is 0 Å². The summed E-state index contributed by atoms with van der Waals surface area (Å²) >= 11 is 0. The zero-order valence-corrected chi connectivity index (χ0v) is 9.92. The Kier molecular flexibility index (Phi) is 5.26. The van der Waals surface area contributed by atoms with E-state index in [1.807, 2.05) is 6.92 Å². The molecule has 0 bridgehead atoms. The molecule has 0 radical (unpaired) electrons. The summed E-state index contributed by atoms with van der Waals surface area (Å²) in [6, 6.07) is 4.43. The fraction of sp³-hybridized carbons (Fsp3) is 0.417.